The molecule has 24 heavy (non-hydrogen) atoms. The second kappa shape index (κ2) is 7.19. The smallest absolute Gasteiger partial charge is 0.273 e. The zero-order valence-electron chi connectivity index (χ0n) is 12.9. The maximum absolute atomic E-state index is 12.5. The Morgan fingerprint density at radius 1 is 1.21 bits per heavy atom. The van der Waals surface area contributed by atoms with Crippen LogP contribution in [0, 0.1) is 6.92 Å². The number of halogens is 2. The maximum atomic E-state index is 12.5. The topological polar surface area (TPSA) is 46.1 Å². The molecule has 8 heteroatoms. The number of aryl methyl sites for hydroxylation is 1. The van der Waals surface area contributed by atoms with Crippen molar-refractivity contribution >= 4 is 51.8 Å². The third kappa shape index (κ3) is 3.78. The summed E-state index contributed by atoms with van der Waals surface area (Å²) in [5.74, 6) is -0.145. The molecule has 0 fully saturated rings. The molecule has 1 aromatic carbocycles. The van der Waals surface area contributed by atoms with Gasteiger partial charge in [0.1, 0.15) is 10.7 Å². The largest absolute Gasteiger partial charge is 0.334 e. The van der Waals surface area contributed by atoms with Crippen molar-refractivity contribution < 1.29 is 4.79 Å². The normalized spacial score (nSPS) is 10.8. The molecule has 4 nitrogen and oxygen atoms in total. The van der Waals surface area contributed by atoms with Gasteiger partial charge in [0.15, 0.2) is 0 Å². The van der Waals surface area contributed by atoms with Crippen LogP contribution in [-0.2, 0) is 6.54 Å². The monoisotopic (exact) mass is 397 g/mol. The van der Waals surface area contributed by atoms with Gasteiger partial charge in [-0.15, -0.1) is 22.7 Å². The van der Waals surface area contributed by atoms with Crippen LogP contribution in [0.5, 0.6) is 0 Å². The lowest BCUT2D eigenvalue weighted by molar-refractivity contribution is 0.0778. The van der Waals surface area contributed by atoms with Crippen LogP contribution < -0.4 is 0 Å². The van der Waals surface area contributed by atoms with Gasteiger partial charge in [-0.3, -0.25) is 4.79 Å². The molecular weight excluding hydrogens is 385 g/mol. The minimum atomic E-state index is -0.145. The summed E-state index contributed by atoms with van der Waals surface area (Å²) in [6.45, 7) is 2.40. The Morgan fingerprint density at radius 3 is 2.67 bits per heavy atom. The first-order valence-corrected chi connectivity index (χ1v) is 9.53. The van der Waals surface area contributed by atoms with Gasteiger partial charge in [0.2, 0.25) is 0 Å². The van der Waals surface area contributed by atoms with Crippen LogP contribution in [0.15, 0.2) is 29.0 Å². The second-order valence-corrected chi connectivity index (χ2v) is 7.95. The fraction of sp³-hybridized carbons (Fsp3) is 0.188. The summed E-state index contributed by atoms with van der Waals surface area (Å²) in [6, 6.07) is 5.22. The average Bonchev–Trinajstić information content (AvgIpc) is 3.16. The molecule has 0 spiro atoms. The second-order valence-electron chi connectivity index (χ2n) is 5.18. The Kier molecular flexibility index (Phi) is 5.20. The molecule has 0 saturated carbocycles. The zero-order chi connectivity index (χ0) is 17.3. The number of aromatic nitrogens is 2. The Bertz CT molecular complexity index is 891. The van der Waals surface area contributed by atoms with Crippen LogP contribution >= 0.6 is 45.9 Å². The van der Waals surface area contributed by atoms with E-state index >= 15 is 0 Å². The van der Waals surface area contributed by atoms with Gasteiger partial charge in [-0.1, -0.05) is 23.2 Å². The van der Waals surface area contributed by atoms with Gasteiger partial charge in [-0.05, 0) is 25.1 Å². The van der Waals surface area contributed by atoms with E-state index in [-0.39, 0.29) is 5.91 Å². The summed E-state index contributed by atoms with van der Waals surface area (Å²) in [5, 5.41) is 6.46. The molecule has 3 rings (SSSR count). The molecule has 0 radical (unpaired) electrons. The van der Waals surface area contributed by atoms with Gasteiger partial charge < -0.3 is 4.90 Å². The number of carbonyl (C=O) groups is 1. The lowest BCUT2D eigenvalue weighted by atomic mass is 10.2. The Balaban J connectivity index is 1.78. The highest BCUT2D eigenvalue weighted by molar-refractivity contribution is 7.13. The van der Waals surface area contributed by atoms with Crippen LogP contribution in [0.25, 0.3) is 10.6 Å². The third-order valence-corrected chi connectivity index (χ3v) is 5.54. The van der Waals surface area contributed by atoms with Gasteiger partial charge in [-0.2, -0.15) is 0 Å². The number of benzene rings is 1. The first kappa shape index (κ1) is 17.4. The van der Waals surface area contributed by atoms with Gasteiger partial charge >= 0.3 is 0 Å². The lowest BCUT2D eigenvalue weighted by Gasteiger charge is -2.14. The molecule has 0 unspecified atom stereocenters. The standard InChI is InChI=1S/C16H13Cl2N3OS2/c1-9-19-11(7-23-9)6-21(2)16(22)14-8-24-15(20-14)12-4-3-10(17)5-13(12)18/h3-5,7-8H,6H2,1-2H3. The number of nitrogens with zero attached hydrogens (tertiary/aromatic N) is 3. The van der Waals surface area contributed by atoms with E-state index in [9.17, 15) is 4.79 Å². The van der Waals surface area contributed by atoms with Crippen LogP contribution in [0.4, 0.5) is 0 Å². The molecule has 0 aliphatic heterocycles. The molecular formula is C16H13Cl2N3OS2. The predicted octanol–water partition coefficient (Wildman–Crippen LogP) is 5.15. The van der Waals surface area contributed by atoms with Crippen molar-refractivity contribution in [2.75, 3.05) is 7.05 Å². The van der Waals surface area contributed by atoms with E-state index in [1.165, 1.54) is 11.3 Å². The Labute approximate surface area is 157 Å². The van der Waals surface area contributed by atoms with Crippen LogP contribution in [0.3, 0.4) is 0 Å². The quantitative estimate of drug-likeness (QED) is 0.610. The molecule has 124 valence electrons. The van der Waals surface area contributed by atoms with E-state index in [1.54, 1.807) is 46.9 Å². The minimum absolute atomic E-state index is 0.145. The van der Waals surface area contributed by atoms with Crippen molar-refractivity contribution in [3.05, 3.63) is 55.4 Å². The molecule has 0 saturated heterocycles. The number of rotatable bonds is 4. The van der Waals surface area contributed by atoms with E-state index in [0.717, 1.165) is 16.3 Å². The van der Waals surface area contributed by atoms with Gasteiger partial charge in [-0.25, -0.2) is 9.97 Å². The van der Waals surface area contributed by atoms with Crippen LogP contribution in [0.2, 0.25) is 10.0 Å². The van der Waals surface area contributed by atoms with Crippen molar-refractivity contribution in [3.8, 4) is 10.6 Å². The van der Waals surface area contributed by atoms with Crippen molar-refractivity contribution in [1.82, 2.24) is 14.9 Å². The first-order chi connectivity index (χ1) is 11.4. The van der Waals surface area contributed by atoms with Crippen molar-refractivity contribution in [2.24, 2.45) is 0 Å². The van der Waals surface area contributed by atoms with E-state index < -0.39 is 0 Å². The number of amides is 1. The number of hydrogen-bond acceptors (Lipinski definition) is 5. The summed E-state index contributed by atoms with van der Waals surface area (Å²) in [7, 11) is 1.74. The molecule has 0 N–H and O–H groups in total. The number of carbonyl (C=O) groups excluding carboxylic acids is 1. The molecule has 3 aromatic rings. The molecule has 0 aliphatic carbocycles. The predicted molar refractivity (Wildman–Crippen MR) is 100 cm³/mol. The average molecular weight is 398 g/mol. The highest BCUT2D eigenvalue weighted by Gasteiger charge is 2.18. The number of thiazole rings is 2. The zero-order valence-corrected chi connectivity index (χ0v) is 16.1. The van der Waals surface area contributed by atoms with Crippen LogP contribution in [0.1, 0.15) is 21.2 Å². The lowest BCUT2D eigenvalue weighted by Crippen LogP contribution is -2.26. The van der Waals surface area contributed by atoms with E-state index in [1.807, 2.05) is 12.3 Å². The van der Waals surface area contributed by atoms with Crippen molar-refractivity contribution in [3.63, 3.8) is 0 Å². The third-order valence-electron chi connectivity index (χ3n) is 3.30. The molecule has 2 heterocycles. The summed E-state index contributed by atoms with van der Waals surface area (Å²) in [6.07, 6.45) is 0. The van der Waals surface area contributed by atoms with Crippen LogP contribution in [-0.4, -0.2) is 27.8 Å². The van der Waals surface area contributed by atoms with E-state index in [4.69, 9.17) is 23.2 Å². The summed E-state index contributed by atoms with van der Waals surface area (Å²) < 4.78 is 0. The first-order valence-electron chi connectivity index (χ1n) is 7.01. The molecule has 0 atom stereocenters. The van der Waals surface area contributed by atoms with Gasteiger partial charge in [0, 0.05) is 28.4 Å². The Hall–Kier alpha value is -1.47. The van der Waals surface area contributed by atoms with Gasteiger partial charge in [0.25, 0.3) is 5.91 Å². The van der Waals surface area contributed by atoms with Crippen molar-refractivity contribution in [1.29, 1.82) is 0 Å². The molecule has 2 aromatic heterocycles. The summed E-state index contributed by atoms with van der Waals surface area (Å²) in [5.41, 5.74) is 2.04. The molecule has 0 aliphatic rings. The van der Waals surface area contributed by atoms with Gasteiger partial charge in [0.05, 0.1) is 22.3 Å². The maximum Gasteiger partial charge on any atom is 0.273 e. The van der Waals surface area contributed by atoms with E-state index in [0.29, 0.717) is 27.3 Å². The van der Waals surface area contributed by atoms with Crippen molar-refractivity contribution in [2.45, 2.75) is 13.5 Å². The summed E-state index contributed by atoms with van der Waals surface area (Å²) >= 11 is 15.1. The molecule has 1 amide bonds. The fourth-order valence-corrected chi connectivity index (χ4v) is 4.14. The van der Waals surface area contributed by atoms with E-state index in [2.05, 4.69) is 9.97 Å². The fourth-order valence-electron chi connectivity index (χ4n) is 2.15. The Morgan fingerprint density at radius 2 is 2.00 bits per heavy atom. The summed E-state index contributed by atoms with van der Waals surface area (Å²) in [4.78, 5) is 22.9. The minimum Gasteiger partial charge on any atom is -0.334 e. The number of hydrogen-bond donors (Lipinski definition) is 0. The SMILES string of the molecule is Cc1nc(CN(C)C(=O)c2csc(-c3ccc(Cl)cc3Cl)n2)cs1. The highest BCUT2D eigenvalue weighted by Crippen LogP contribution is 2.32. The highest BCUT2D eigenvalue weighted by atomic mass is 35.5. The molecule has 0 bridgehead atoms.